The minimum Gasteiger partial charge on any atom is -0.356 e. The second-order valence-electron chi connectivity index (χ2n) is 9.23. The molecule has 2 N–H and O–H groups in total. The molecule has 1 saturated carbocycles. The van der Waals surface area contributed by atoms with Gasteiger partial charge in [-0.25, -0.2) is 0 Å². The van der Waals surface area contributed by atoms with Crippen molar-refractivity contribution in [2.24, 2.45) is 4.99 Å². The Kier molecular flexibility index (Phi) is 11.4. The number of hydrogen-bond acceptors (Lipinski definition) is 5. The molecule has 1 aliphatic heterocycles. The van der Waals surface area contributed by atoms with Gasteiger partial charge in [0.25, 0.3) is 0 Å². The van der Waals surface area contributed by atoms with Crippen LogP contribution in [0.4, 0.5) is 0 Å². The summed E-state index contributed by atoms with van der Waals surface area (Å²) < 4.78 is 2.41. The first-order chi connectivity index (χ1) is 14.5. The maximum absolute atomic E-state index is 4.50. The maximum atomic E-state index is 4.50. The van der Waals surface area contributed by atoms with Gasteiger partial charge in [-0.2, -0.15) is 0 Å². The van der Waals surface area contributed by atoms with Crippen molar-refractivity contribution in [2.45, 2.75) is 88.4 Å². The van der Waals surface area contributed by atoms with E-state index in [1.54, 1.807) is 11.8 Å². The van der Waals surface area contributed by atoms with Crippen LogP contribution >= 0.6 is 35.7 Å². The molecule has 0 amide bonds. The minimum absolute atomic E-state index is 0. The predicted octanol–water partition coefficient (Wildman–Crippen LogP) is 4.10. The number of rotatable bonds is 9. The van der Waals surface area contributed by atoms with Crippen LogP contribution in [-0.2, 0) is 6.42 Å². The lowest BCUT2D eigenvalue weighted by atomic mass is 9.98. The summed E-state index contributed by atoms with van der Waals surface area (Å²) in [6.45, 7) is 8.87. The van der Waals surface area contributed by atoms with Crippen molar-refractivity contribution < 1.29 is 0 Å². The van der Waals surface area contributed by atoms with Gasteiger partial charge in [-0.15, -0.1) is 34.2 Å². The number of likely N-dealkylation sites (tertiary alicyclic amines) is 1. The normalized spacial score (nSPS) is 18.8. The molecule has 2 heterocycles. The Hall–Kier alpha value is -0.550. The summed E-state index contributed by atoms with van der Waals surface area (Å²) in [5.41, 5.74) is 0.143. The smallest absolute Gasteiger partial charge is 0.191 e. The molecular weight excluding hydrogens is 521 g/mol. The molecule has 0 spiro atoms. The molecular formula is C22H42IN7S. The SMILES string of the molecule is CN=C(NCCCc1nnc(SC)n1C1CCCC1)NCC(C)(C)N1CCCCC1.I. The Morgan fingerprint density at radius 3 is 2.45 bits per heavy atom. The molecule has 31 heavy (non-hydrogen) atoms. The van der Waals surface area contributed by atoms with Crippen molar-refractivity contribution in [1.29, 1.82) is 0 Å². The van der Waals surface area contributed by atoms with Gasteiger partial charge in [0.1, 0.15) is 5.82 Å². The number of nitrogens with zero attached hydrogens (tertiary/aromatic N) is 5. The van der Waals surface area contributed by atoms with E-state index in [2.05, 4.69) is 55.4 Å². The molecule has 0 atom stereocenters. The summed E-state index contributed by atoms with van der Waals surface area (Å²) in [4.78, 5) is 7.03. The van der Waals surface area contributed by atoms with Crippen LogP contribution in [0.1, 0.15) is 77.1 Å². The zero-order valence-electron chi connectivity index (χ0n) is 19.8. The van der Waals surface area contributed by atoms with Crippen molar-refractivity contribution >= 4 is 41.7 Å². The zero-order valence-corrected chi connectivity index (χ0v) is 23.0. The fourth-order valence-electron chi connectivity index (χ4n) is 4.73. The van der Waals surface area contributed by atoms with Gasteiger partial charge in [0.15, 0.2) is 11.1 Å². The van der Waals surface area contributed by atoms with Crippen LogP contribution in [0.15, 0.2) is 10.1 Å². The minimum atomic E-state index is 0. The van der Waals surface area contributed by atoms with Crippen LogP contribution in [0.5, 0.6) is 0 Å². The van der Waals surface area contributed by atoms with Crippen molar-refractivity contribution in [2.75, 3.05) is 39.5 Å². The number of thioether (sulfide) groups is 1. The Morgan fingerprint density at radius 2 is 1.81 bits per heavy atom. The molecule has 2 aliphatic rings. The first-order valence-electron chi connectivity index (χ1n) is 11.7. The van der Waals surface area contributed by atoms with Gasteiger partial charge in [-0.3, -0.25) is 9.89 Å². The van der Waals surface area contributed by atoms with Gasteiger partial charge in [0, 0.05) is 38.1 Å². The standard InChI is InChI=1S/C22H41N7S.HI/c1-22(2,28-15-8-5-9-16-28)17-25-20(23-3)24-14-10-13-19-26-27-21(30-4)29(19)18-11-6-7-12-18;/h18H,5-17H2,1-4H3,(H2,23,24,25);1H. The number of hydrogen-bond donors (Lipinski definition) is 2. The number of piperidine rings is 1. The highest BCUT2D eigenvalue weighted by atomic mass is 127. The average molecular weight is 564 g/mol. The number of aromatic nitrogens is 3. The topological polar surface area (TPSA) is 70.4 Å². The fourth-order valence-corrected chi connectivity index (χ4v) is 5.30. The van der Waals surface area contributed by atoms with E-state index in [9.17, 15) is 0 Å². The van der Waals surface area contributed by atoms with Gasteiger partial charge in [0.05, 0.1) is 0 Å². The number of guanidine groups is 1. The number of halogens is 1. The van der Waals surface area contributed by atoms with Crippen LogP contribution in [0.25, 0.3) is 0 Å². The predicted molar refractivity (Wildman–Crippen MR) is 142 cm³/mol. The molecule has 1 aliphatic carbocycles. The molecule has 1 aromatic rings. The van der Waals surface area contributed by atoms with E-state index in [0.29, 0.717) is 6.04 Å². The Balaban J connectivity index is 0.00000341. The average Bonchev–Trinajstić information content (AvgIpc) is 3.43. The summed E-state index contributed by atoms with van der Waals surface area (Å²) in [5.74, 6) is 2.03. The first kappa shape index (κ1) is 26.7. The molecule has 0 radical (unpaired) electrons. The molecule has 2 fully saturated rings. The van der Waals surface area contributed by atoms with Crippen LogP contribution < -0.4 is 10.6 Å². The number of nitrogens with one attached hydrogen (secondary N) is 2. The van der Waals surface area contributed by atoms with Gasteiger partial charge < -0.3 is 15.2 Å². The molecule has 1 aromatic heterocycles. The lowest BCUT2D eigenvalue weighted by Crippen LogP contribution is -2.54. The number of aliphatic imine (C=N–C) groups is 1. The van der Waals surface area contributed by atoms with E-state index in [-0.39, 0.29) is 29.5 Å². The van der Waals surface area contributed by atoms with Crippen molar-refractivity contribution in [3.63, 3.8) is 0 Å². The summed E-state index contributed by atoms with van der Waals surface area (Å²) in [7, 11) is 1.85. The van der Waals surface area contributed by atoms with Crippen molar-refractivity contribution in [1.82, 2.24) is 30.3 Å². The van der Waals surface area contributed by atoms with Gasteiger partial charge in [-0.1, -0.05) is 31.0 Å². The second-order valence-corrected chi connectivity index (χ2v) is 10.0. The van der Waals surface area contributed by atoms with E-state index >= 15 is 0 Å². The van der Waals surface area contributed by atoms with E-state index in [0.717, 1.165) is 42.9 Å². The van der Waals surface area contributed by atoms with Crippen LogP contribution in [-0.4, -0.2) is 70.6 Å². The van der Waals surface area contributed by atoms with E-state index in [1.165, 1.54) is 58.0 Å². The van der Waals surface area contributed by atoms with Crippen LogP contribution in [0.3, 0.4) is 0 Å². The third-order valence-electron chi connectivity index (χ3n) is 6.60. The summed E-state index contributed by atoms with van der Waals surface area (Å²) in [6.07, 6.45) is 13.3. The lowest BCUT2D eigenvalue weighted by Gasteiger charge is -2.41. The third kappa shape index (κ3) is 7.48. The Bertz CT molecular complexity index is 679. The Morgan fingerprint density at radius 1 is 1.10 bits per heavy atom. The van der Waals surface area contributed by atoms with E-state index < -0.39 is 0 Å². The molecule has 0 bridgehead atoms. The molecule has 0 aromatic carbocycles. The summed E-state index contributed by atoms with van der Waals surface area (Å²) in [5, 5.41) is 17.0. The van der Waals surface area contributed by atoms with Gasteiger partial charge in [0.2, 0.25) is 0 Å². The van der Waals surface area contributed by atoms with E-state index in [4.69, 9.17) is 0 Å². The molecule has 1 saturated heterocycles. The van der Waals surface area contributed by atoms with Crippen molar-refractivity contribution in [3.05, 3.63) is 5.82 Å². The summed E-state index contributed by atoms with van der Waals surface area (Å²) >= 11 is 1.71. The lowest BCUT2D eigenvalue weighted by molar-refractivity contribution is 0.0982. The zero-order chi connectivity index (χ0) is 21.4. The highest BCUT2D eigenvalue weighted by Gasteiger charge is 2.28. The monoisotopic (exact) mass is 563 g/mol. The molecule has 0 unspecified atom stereocenters. The summed E-state index contributed by atoms with van der Waals surface area (Å²) in [6, 6.07) is 0.594. The van der Waals surface area contributed by atoms with E-state index in [1.807, 2.05) is 7.05 Å². The highest BCUT2D eigenvalue weighted by Crippen LogP contribution is 2.33. The molecule has 3 rings (SSSR count). The molecule has 9 heteroatoms. The number of aryl methyl sites for hydroxylation is 1. The van der Waals surface area contributed by atoms with Crippen LogP contribution in [0.2, 0.25) is 0 Å². The van der Waals surface area contributed by atoms with Crippen molar-refractivity contribution in [3.8, 4) is 0 Å². The molecule has 178 valence electrons. The molecule has 7 nitrogen and oxygen atoms in total. The first-order valence-corrected chi connectivity index (χ1v) is 12.9. The maximum Gasteiger partial charge on any atom is 0.191 e. The third-order valence-corrected chi connectivity index (χ3v) is 7.24. The second kappa shape index (κ2) is 13.2. The van der Waals surface area contributed by atoms with Gasteiger partial charge >= 0.3 is 0 Å². The van der Waals surface area contributed by atoms with Crippen LogP contribution in [0, 0.1) is 0 Å². The Labute approximate surface area is 210 Å². The quantitative estimate of drug-likeness (QED) is 0.155. The van der Waals surface area contributed by atoms with Gasteiger partial charge in [-0.05, 0) is 65.3 Å². The highest BCUT2D eigenvalue weighted by molar-refractivity contribution is 14.0. The largest absolute Gasteiger partial charge is 0.356 e. The fraction of sp³-hybridized carbons (Fsp3) is 0.864.